The van der Waals surface area contributed by atoms with Gasteiger partial charge in [0, 0.05) is 13.1 Å². The Morgan fingerprint density at radius 1 is 1.35 bits per heavy atom. The molecule has 0 radical (unpaired) electrons. The van der Waals surface area contributed by atoms with Crippen LogP contribution in [-0.4, -0.2) is 38.9 Å². The molecule has 1 unspecified atom stereocenters. The standard InChI is InChI=1S/C13H16FNO4S/c1-19-13(16)10-3-2-8-15(9-10)20(17,18)12-6-4-11(14)5-7-12/h4-7,10H,2-3,8-9H2,1H3. The monoisotopic (exact) mass is 301 g/mol. The molecule has 1 atom stereocenters. The lowest BCUT2D eigenvalue weighted by Gasteiger charge is -2.30. The minimum absolute atomic E-state index is 0.0319. The number of hydrogen-bond donors (Lipinski definition) is 0. The number of methoxy groups -OCH3 is 1. The Morgan fingerprint density at radius 2 is 2.00 bits per heavy atom. The molecule has 1 heterocycles. The van der Waals surface area contributed by atoms with Crippen LogP contribution in [0.3, 0.4) is 0 Å². The van der Waals surface area contributed by atoms with Crippen molar-refractivity contribution in [1.82, 2.24) is 4.31 Å². The summed E-state index contributed by atoms with van der Waals surface area (Å²) in [5.74, 6) is -1.33. The topological polar surface area (TPSA) is 63.7 Å². The third-order valence-corrected chi connectivity index (χ3v) is 5.25. The maximum atomic E-state index is 12.9. The molecule has 1 fully saturated rings. The van der Waals surface area contributed by atoms with E-state index in [1.807, 2.05) is 0 Å². The molecule has 1 aliphatic heterocycles. The number of nitrogens with zero attached hydrogens (tertiary/aromatic N) is 1. The Kier molecular flexibility index (Phi) is 4.39. The molecule has 20 heavy (non-hydrogen) atoms. The summed E-state index contributed by atoms with van der Waals surface area (Å²) in [6.45, 7) is 0.458. The number of carbonyl (C=O) groups excluding carboxylic acids is 1. The molecule has 110 valence electrons. The van der Waals surface area contributed by atoms with Crippen LogP contribution in [0.5, 0.6) is 0 Å². The van der Waals surface area contributed by atoms with Gasteiger partial charge in [-0.25, -0.2) is 12.8 Å². The van der Waals surface area contributed by atoms with Crippen molar-refractivity contribution in [2.75, 3.05) is 20.2 Å². The van der Waals surface area contributed by atoms with Crippen LogP contribution in [0, 0.1) is 11.7 Å². The van der Waals surface area contributed by atoms with E-state index in [1.54, 1.807) is 0 Å². The number of carbonyl (C=O) groups is 1. The lowest BCUT2D eigenvalue weighted by molar-refractivity contribution is -0.146. The summed E-state index contributed by atoms with van der Waals surface area (Å²) in [5, 5.41) is 0. The molecule has 7 heteroatoms. The van der Waals surface area contributed by atoms with Crippen LogP contribution < -0.4 is 0 Å². The first kappa shape index (κ1) is 14.9. The highest BCUT2D eigenvalue weighted by atomic mass is 32.2. The van der Waals surface area contributed by atoms with Gasteiger partial charge in [-0.2, -0.15) is 4.31 Å². The molecule has 0 N–H and O–H groups in total. The van der Waals surface area contributed by atoms with Gasteiger partial charge in [0.05, 0.1) is 17.9 Å². The average molecular weight is 301 g/mol. The maximum Gasteiger partial charge on any atom is 0.309 e. The fourth-order valence-corrected chi connectivity index (χ4v) is 3.80. The number of esters is 1. The molecule has 1 saturated heterocycles. The van der Waals surface area contributed by atoms with E-state index in [0.29, 0.717) is 19.4 Å². The van der Waals surface area contributed by atoms with E-state index in [-0.39, 0.29) is 11.4 Å². The number of hydrogen-bond acceptors (Lipinski definition) is 4. The van der Waals surface area contributed by atoms with E-state index >= 15 is 0 Å². The van der Waals surface area contributed by atoms with Gasteiger partial charge in [0.15, 0.2) is 0 Å². The van der Waals surface area contributed by atoms with Crippen molar-refractivity contribution in [2.24, 2.45) is 5.92 Å². The van der Waals surface area contributed by atoms with Gasteiger partial charge in [-0.15, -0.1) is 0 Å². The Morgan fingerprint density at radius 3 is 2.60 bits per heavy atom. The fourth-order valence-electron chi connectivity index (χ4n) is 2.28. The van der Waals surface area contributed by atoms with E-state index in [1.165, 1.54) is 23.5 Å². The minimum atomic E-state index is -3.69. The Bertz CT molecular complexity index is 585. The fraction of sp³-hybridized carbons (Fsp3) is 0.462. The third-order valence-electron chi connectivity index (χ3n) is 3.37. The van der Waals surface area contributed by atoms with Gasteiger partial charge in [-0.3, -0.25) is 4.79 Å². The lowest BCUT2D eigenvalue weighted by Crippen LogP contribution is -2.42. The second-order valence-corrected chi connectivity index (χ2v) is 6.62. The smallest absolute Gasteiger partial charge is 0.309 e. The van der Waals surface area contributed by atoms with Crippen LogP contribution in [0.15, 0.2) is 29.2 Å². The number of piperidine rings is 1. The molecule has 0 aromatic heterocycles. The Balaban J connectivity index is 2.21. The molecule has 0 spiro atoms. The van der Waals surface area contributed by atoms with E-state index < -0.39 is 27.7 Å². The predicted molar refractivity (Wildman–Crippen MR) is 69.9 cm³/mol. The van der Waals surface area contributed by atoms with Crippen LogP contribution >= 0.6 is 0 Å². The molecule has 1 aliphatic rings. The summed E-state index contributed by atoms with van der Waals surface area (Å²) in [4.78, 5) is 11.6. The normalized spacial score (nSPS) is 20.6. The second kappa shape index (κ2) is 5.88. The molecule has 5 nitrogen and oxygen atoms in total. The van der Waals surface area contributed by atoms with Gasteiger partial charge in [0.25, 0.3) is 0 Å². The SMILES string of the molecule is COC(=O)C1CCCN(S(=O)(=O)c2ccc(F)cc2)C1. The highest BCUT2D eigenvalue weighted by molar-refractivity contribution is 7.89. The zero-order valence-electron chi connectivity index (χ0n) is 11.1. The van der Waals surface area contributed by atoms with Crippen LogP contribution in [-0.2, 0) is 19.6 Å². The van der Waals surface area contributed by atoms with Crippen molar-refractivity contribution in [1.29, 1.82) is 0 Å². The summed E-state index contributed by atoms with van der Waals surface area (Å²) >= 11 is 0. The highest BCUT2D eigenvalue weighted by Crippen LogP contribution is 2.24. The minimum Gasteiger partial charge on any atom is -0.469 e. The molecule has 0 amide bonds. The predicted octanol–water partition coefficient (Wildman–Crippen LogP) is 1.40. The summed E-state index contributed by atoms with van der Waals surface area (Å²) in [5.41, 5.74) is 0. The average Bonchev–Trinajstić information content (AvgIpc) is 2.47. The summed E-state index contributed by atoms with van der Waals surface area (Å²) in [7, 11) is -2.41. The van der Waals surface area contributed by atoms with Crippen molar-refractivity contribution in [3.8, 4) is 0 Å². The highest BCUT2D eigenvalue weighted by Gasteiger charge is 2.33. The van der Waals surface area contributed by atoms with Crippen LogP contribution in [0.25, 0.3) is 0 Å². The molecule has 0 bridgehead atoms. The quantitative estimate of drug-likeness (QED) is 0.792. The van der Waals surface area contributed by atoms with Gasteiger partial charge >= 0.3 is 5.97 Å². The third kappa shape index (κ3) is 2.99. The van der Waals surface area contributed by atoms with Crippen molar-refractivity contribution in [3.63, 3.8) is 0 Å². The number of halogens is 1. The Hall–Kier alpha value is -1.47. The number of benzene rings is 1. The number of rotatable bonds is 3. The van der Waals surface area contributed by atoms with Crippen LogP contribution in [0.4, 0.5) is 4.39 Å². The van der Waals surface area contributed by atoms with Crippen molar-refractivity contribution in [2.45, 2.75) is 17.7 Å². The summed E-state index contributed by atoms with van der Waals surface area (Å²) < 4.78 is 43.6. The van der Waals surface area contributed by atoms with Gasteiger partial charge < -0.3 is 4.74 Å². The molecule has 1 aromatic carbocycles. The number of sulfonamides is 1. The molecule has 0 saturated carbocycles. The largest absolute Gasteiger partial charge is 0.469 e. The molecule has 2 rings (SSSR count). The summed E-state index contributed by atoms with van der Waals surface area (Å²) in [6, 6.07) is 4.67. The van der Waals surface area contributed by atoms with E-state index in [0.717, 1.165) is 12.1 Å². The van der Waals surface area contributed by atoms with E-state index in [2.05, 4.69) is 4.74 Å². The van der Waals surface area contributed by atoms with E-state index in [4.69, 9.17) is 0 Å². The van der Waals surface area contributed by atoms with Crippen LogP contribution in [0.2, 0.25) is 0 Å². The molecule has 1 aromatic rings. The maximum absolute atomic E-state index is 12.9. The van der Waals surface area contributed by atoms with Gasteiger partial charge in [-0.1, -0.05) is 0 Å². The molecular weight excluding hydrogens is 285 g/mol. The van der Waals surface area contributed by atoms with Gasteiger partial charge in [0.2, 0.25) is 10.0 Å². The zero-order chi connectivity index (χ0) is 14.8. The number of ether oxygens (including phenoxy) is 1. The first-order valence-electron chi connectivity index (χ1n) is 6.28. The summed E-state index contributed by atoms with van der Waals surface area (Å²) in [6.07, 6.45) is 1.21. The first-order chi connectivity index (χ1) is 9.45. The van der Waals surface area contributed by atoms with Crippen LogP contribution in [0.1, 0.15) is 12.8 Å². The first-order valence-corrected chi connectivity index (χ1v) is 7.72. The zero-order valence-corrected chi connectivity index (χ0v) is 11.9. The van der Waals surface area contributed by atoms with Crippen molar-refractivity contribution in [3.05, 3.63) is 30.1 Å². The molecular formula is C13H16FNO4S. The van der Waals surface area contributed by atoms with Crippen molar-refractivity contribution < 1.29 is 22.3 Å². The van der Waals surface area contributed by atoms with Gasteiger partial charge in [-0.05, 0) is 37.1 Å². The molecule has 0 aliphatic carbocycles. The second-order valence-electron chi connectivity index (χ2n) is 4.68. The Labute approximate surface area is 117 Å². The van der Waals surface area contributed by atoms with Crippen molar-refractivity contribution >= 4 is 16.0 Å². The van der Waals surface area contributed by atoms with Gasteiger partial charge in [0.1, 0.15) is 5.82 Å². The lowest BCUT2D eigenvalue weighted by atomic mass is 10.0. The van der Waals surface area contributed by atoms with E-state index in [9.17, 15) is 17.6 Å².